The summed E-state index contributed by atoms with van der Waals surface area (Å²) in [5.74, 6) is 0.140. The Kier molecular flexibility index (Phi) is 4.90. The SMILES string of the molecule is CCc1nc2c(OC)cccn2c1C(=O)Nc1cc([N+](=O)[O-])ccc1Br. The molecular weight excluding hydrogens is 404 g/mol. The molecule has 134 valence electrons. The van der Waals surface area contributed by atoms with E-state index in [-0.39, 0.29) is 5.69 Å². The third-order valence-corrected chi connectivity index (χ3v) is 4.56. The number of carbonyl (C=O) groups excluding carboxylic acids is 1. The molecule has 0 aliphatic heterocycles. The minimum absolute atomic E-state index is 0.112. The third kappa shape index (κ3) is 3.13. The highest BCUT2D eigenvalue weighted by atomic mass is 79.9. The van der Waals surface area contributed by atoms with Crippen LogP contribution < -0.4 is 10.1 Å². The number of benzene rings is 1. The summed E-state index contributed by atoms with van der Waals surface area (Å²) in [6.07, 6.45) is 2.27. The number of hydrogen-bond donors (Lipinski definition) is 1. The average Bonchev–Trinajstić information content (AvgIpc) is 3.02. The number of hydrogen-bond acceptors (Lipinski definition) is 5. The Hall–Kier alpha value is -2.94. The standard InChI is InChI=1S/C17H15BrN4O4/c1-3-12-15(21-8-4-5-14(26-2)16(21)19-12)17(23)20-13-9-10(22(24)25)6-7-11(13)18/h4-9H,3H2,1-2H3,(H,20,23). The first-order valence-corrected chi connectivity index (χ1v) is 8.54. The van der Waals surface area contributed by atoms with E-state index in [1.165, 1.54) is 25.3 Å². The van der Waals surface area contributed by atoms with Crippen LogP contribution in [0.5, 0.6) is 5.75 Å². The number of nitro benzene ring substituents is 1. The van der Waals surface area contributed by atoms with E-state index in [9.17, 15) is 14.9 Å². The number of non-ortho nitro benzene ring substituents is 1. The maximum Gasteiger partial charge on any atom is 0.274 e. The molecule has 1 N–H and O–H groups in total. The highest BCUT2D eigenvalue weighted by Gasteiger charge is 2.21. The number of methoxy groups -OCH3 is 1. The van der Waals surface area contributed by atoms with E-state index in [1.54, 1.807) is 22.7 Å². The Morgan fingerprint density at radius 3 is 2.85 bits per heavy atom. The van der Waals surface area contributed by atoms with Crippen molar-refractivity contribution in [1.29, 1.82) is 0 Å². The van der Waals surface area contributed by atoms with Gasteiger partial charge in [0.2, 0.25) is 0 Å². The smallest absolute Gasteiger partial charge is 0.274 e. The van der Waals surface area contributed by atoms with Gasteiger partial charge in [0.25, 0.3) is 11.6 Å². The zero-order valence-corrected chi connectivity index (χ0v) is 15.6. The van der Waals surface area contributed by atoms with Crippen molar-refractivity contribution in [3.8, 4) is 5.75 Å². The predicted octanol–water partition coefficient (Wildman–Crippen LogP) is 3.83. The Morgan fingerprint density at radius 1 is 1.42 bits per heavy atom. The van der Waals surface area contributed by atoms with Crippen molar-refractivity contribution < 1.29 is 14.5 Å². The number of pyridine rings is 1. The largest absolute Gasteiger partial charge is 0.493 e. The number of aryl methyl sites for hydroxylation is 1. The highest BCUT2D eigenvalue weighted by Crippen LogP contribution is 2.29. The molecule has 0 bridgehead atoms. The third-order valence-electron chi connectivity index (χ3n) is 3.87. The quantitative estimate of drug-likeness (QED) is 0.501. The van der Waals surface area contributed by atoms with E-state index in [0.29, 0.717) is 39.4 Å². The second-order valence-corrected chi connectivity index (χ2v) is 6.26. The monoisotopic (exact) mass is 418 g/mol. The molecule has 9 heteroatoms. The molecule has 1 amide bonds. The van der Waals surface area contributed by atoms with Crippen molar-refractivity contribution in [3.63, 3.8) is 0 Å². The average molecular weight is 419 g/mol. The van der Waals surface area contributed by atoms with Crippen molar-refractivity contribution in [2.24, 2.45) is 0 Å². The lowest BCUT2D eigenvalue weighted by Crippen LogP contribution is -2.16. The summed E-state index contributed by atoms with van der Waals surface area (Å²) in [6, 6.07) is 7.70. The number of nitro groups is 1. The second kappa shape index (κ2) is 7.12. The van der Waals surface area contributed by atoms with Gasteiger partial charge in [0.05, 0.1) is 23.4 Å². The Morgan fingerprint density at radius 2 is 2.19 bits per heavy atom. The minimum atomic E-state index is -0.515. The van der Waals surface area contributed by atoms with Crippen molar-refractivity contribution in [2.45, 2.75) is 13.3 Å². The number of halogens is 1. The van der Waals surface area contributed by atoms with Crippen LogP contribution >= 0.6 is 15.9 Å². The summed E-state index contributed by atoms with van der Waals surface area (Å²) in [5, 5.41) is 13.7. The molecule has 0 fully saturated rings. The van der Waals surface area contributed by atoms with Gasteiger partial charge in [0, 0.05) is 22.8 Å². The fraction of sp³-hybridized carbons (Fsp3) is 0.176. The van der Waals surface area contributed by atoms with Gasteiger partial charge in [-0.2, -0.15) is 0 Å². The molecule has 26 heavy (non-hydrogen) atoms. The Labute approximate surface area is 157 Å². The van der Waals surface area contributed by atoms with E-state index in [4.69, 9.17) is 4.74 Å². The van der Waals surface area contributed by atoms with E-state index < -0.39 is 10.8 Å². The van der Waals surface area contributed by atoms with Crippen LogP contribution in [0, 0.1) is 10.1 Å². The highest BCUT2D eigenvalue weighted by molar-refractivity contribution is 9.10. The van der Waals surface area contributed by atoms with Crippen LogP contribution in [0.2, 0.25) is 0 Å². The van der Waals surface area contributed by atoms with Crippen LogP contribution in [-0.2, 0) is 6.42 Å². The van der Waals surface area contributed by atoms with Crippen LogP contribution in [0.1, 0.15) is 23.1 Å². The number of carbonyl (C=O) groups is 1. The molecule has 0 aliphatic rings. The summed E-state index contributed by atoms with van der Waals surface area (Å²) in [5.41, 5.74) is 1.70. The van der Waals surface area contributed by atoms with Gasteiger partial charge in [0.1, 0.15) is 5.69 Å². The Balaban J connectivity index is 2.06. The number of amides is 1. The van der Waals surface area contributed by atoms with Crippen LogP contribution in [0.25, 0.3) is 5.65 Å². The van der Waals surface area contributed by atoms with Crippen LogP contribution in [0.4, 0.5) is 11.4 Å². The number of nitrogens with zero attached hydrogens (tertiary/aromatic N) is 3. The molecule has 0 radical (unpaired) electrons. The minimum Gasteiger partial charge on any atom is -0.493 e. The maximum atomic E-state index is 12.9. The van der Waals surface area contributed by atoms with E-state index in [1.807, 2.05) is 6.92 Å². The van der Waals surface area contributed by atoms with Gasteiger partial charge in [-0.3, -0.25) is 19.3 Å². The lowest BCUT2D eigenvalue weighted by Gasteiger charge is -2.09. The molecule has 0 saturated carbocycles. The second-order valence-electron chi connectivity index (χ2n) is 5.41. The number of imidazole rings is 1. The van der Waals surface area contributed by atoms with Crippen molar-refractivity contribution in [3.05, 3.63) is 62.5 Å². The summed E-state index contributed by atoms with van der Waals surface area (Å²) in [4.78, 5) is 27.8. The molecule has 1 aromatic carbocycles. The number of nitrogens with one attached hydrogen (secondary N) is 1. The van der Waals surface area contributed by atoms with Gasteiger partial charge in [-0.1, -0.05) is 6.92 Å². The first kappa shape index (κ1) is 17.9. The van der Waals surface area contributed by atoms with E-state index in [0.717, 1.165) is 0 Å². The molecule has 0 spiro atoms. The van der Waals surface area contributed by atoms with Crippen LogP contribution in [-0.4, -0.2) is 27.3 Å². The zero-order chi connectivity index (χ0) is 18.8. The number of fused-ring (bicyclic) bond motifs is 1. The summed E-state index contributed by atoms with van der Waals surface area (Å²) in [6.45, 7) is 1.90. The number of rotatable bonds is 5. The van der Waals surface area contributed by atoms with Gasteiger partial charge < -0.3 is 10.1 Å². The molecule has 0 saturated heterocycles. The van der Waals surface area contributed by atoms with E-state index >= 15 is 0 Å². The van der Waals surface area contributed by atoms with Gasteiger partial charge in [-0.05, 0) is 40.5 Å². The first-order valence-electron chi connectivity index (χ1n) is 7.75. The lowest BCUT2D eigenvalue weighted by atomic mass is 10.2. The van der Waals surface area contributed by atoms with Crippen LogP contribution in [0.3, 0.4) is 0 Å². The van der Waals surface area contributed by atoms with E-state index in [2.05, 4.69) is 26.2 Å². The molecule has 2 heterocycles. The van der Waals surface area contributed by atoms with Gasteiger partial charge in [-0.25, -0.2) is 4.98 Å². The molecular formula is C17H15BrN4O4. The van der Waals surface area contributed by atoms with Crippen molar-refractivity contribution >= 4 is 38.9 Å². The molecule has 0 unspecified atom stereocenters. The molecule has 0 aliphatic carbocycles. The lowest BCUT2D eigenvalue weighted by molar-refractivity contribution is -0.384. The summed E-state index contributed by atoms with van der Waals surface area (Å²) >= 11 is 3.30. The van der Waals surface area contributed by atoms with Gasteiger partial charge in [0.15, 0.2) is 11.4 Å². The van der Waals surface area contributed by atoms with Gasteiger partial charge in [-0.15, -0.1) is 0 Å². The summed E-state index contributed by atoms with van der Waals surface area (Å²) in [7, 11) is 1.54. The molecule has 3 aromatic rings. The normalized spacial score (nSPS) is 10.7. The topological polar surface area (TPSA) is 98.8 Å². The van der Waals surface area contributed by atoms with Crippen molar-refractivity contribution in [2.75, 3.05) is 12.4 Å². The Bertz CT molecular complexity index is 1020. The van der Waals surface area contributed by atoms with Gasteiger partial charge >= 0.3 is 0 Å². The number of anilines is 1. The molecule has 0 atom stereocenters. The fourth-order valence-electron chi connectivity index (χ4n) is 2.64. The predicted molar refractivity (Wildman–Crippen MR) is 99.9 cm³/mol. The fourth-order valence-corrected chi connectivity index (χ4v) is 2.99. The first-order chi connectivity index (χ1) is 12.5. The van der Waals surface area contributed by atoms with Crippen LogP contribution in [0.15, 0.2) is 41.0 Å². The zero-order valence-electron chi connectivity index (χ0n) is 14.0. The molecule has 3 rings (SSSR count). The van der Waals surface area contributed by atoms with Crippen molar-refractivity contribution in [1.82, 2.24) is 9.38 Å². The molecule has 2 aromatic heterocycles. The summed E-state index contributed by atoms with van der Waals surface area (Å²) < 4.78 is 7.50. The number of aromatic nitrogens is 2. The number of ether oxygens (including phenoxy) is 1. The maximum absolute atomic E-state index is 12.9. The molecule has 8 nitrogen and oxygen atoms in total.